The Balaban J connectivity index is 2.17. The van der Waals surface area contributed by atoms with Crippen LogP contribution in [-0.2, 0) is 10.3 Å². The average molecular weight is 192 g/mol. The highest BCUT2D eigenvalue weighted by Crippen LogP contribution is 2.47. The molecule has 1 fully saturated rings. The lowest BCUT2D eigenvalue weighted by Crippen LogP contribution is -2.17. The SMILES string of the molecule is CCCC1OC1(CO)c1ccccc1. The summed E-state index contributed by atoms with van der Waals surface area (Å²) in [4.78, 5) is 0. The van der Waals surface area contributed by atoms with Gasteiger partial charge in [-0.05, 0) is 12.0 Å². The van der Waals surface area contributed by atoms with Gasteiger partial charge in [0.15, 0.2) is 0 Å². The van der Waals surface area contributed by atoms with E-state index in [4.69, 9.17) is 4.74 Å². The summed E-state index contributed by atoms with van der Waals surface area (Å²) in [6.07, 6.45) is 2.33. The first-order valence-corrected chi connectivity index (χ1v) is 5.17. The lowest BCUT2D eigenvalue weighted by atomic mass is 9.94. The van der Waals surface area contributed by atoms with Crippen molar-refractivity contribution in [2.24, 2.45) is 0 Å². The number of aliphatic hydroxyl groups excluding tert-OH is 1. The lowest BCUT2D eigenvalue weighted by Gasteiger charge is -2.09. The van der Waals surface area contributed by atoms with Crippen molar-refractivity contribution in [2.45, 2.75) is 31.5 Å². The van der Waals surface area contributed by atoms with Gasteiger partial charge in [0.25, 0.3) is 0 Å². The van der Waals surface area contributed by atoms with E-state index in [0.717, 1.165) is 18.4 Å². The number of hydrogen-bond donors (Lipinski definition) is 1. The molecule has 1 aliphatic heterocycles. The fourth-order valence-corrected chi connectivity index (χ4v) is 1.98. The summed E-state index contributed by atoms with van der Waals surface area (Å²) in [5, 5.41) is 9.38. The Labute approximate surface area is 84.5 Å². The minimum atomic E-state index is -0.392. The van der Waals surface area contributed by atoms with Gasteiger partial charge in [0, 0.05) is 0 Å². The second-order valence-electron chi connectivity index (χ2n) is 3.81. The first-order valence-electron chi connectivity index (χ1n) is 5.17. The van der Waals surface area contributed by atoms with Crippen LogP contribution in [0.15, 0.2) is 30.3 Å². The van der Waals surface area contributed by atoms with Crippen molar-refractivity contribution in [3.8, 4) is 0 Å². The van der Waals surface area contributed by atoms with Gasteiger partial charge < -0.3 is 9.84 Å². The van der Waals surface area contributed by atoms with Crippen LogP contribution in [0, 0.1) is 0 Å². The van der Waals surface area contributed by atoms with E-state index in [1.807, 2.05) is 30.3 Å². The molecule has 2 atom stereocenters. The molecule has 1 saturated heterocycles. The topological polar surface area (TPSA) is 32.8 Å². The van der Waals surface area contributed by atoms with E-state index in [-0.39, 0.29) is 12.7 Å². The van der Waals surface area contributed by atoms with Crippen LogP contribution in [0.3, 0.4) is 0 Å². The summed E-state index contributed by atoms with van der Waals surface area (Å²) in [5.74, 6) is 0. The van der Waals surface area contributed by atoms with Crippen molar-refractivity contribution in [3.63, 3.8) is 0 Å². The van der Waals surface area contributed by atoms with Crippen molar-refractivity contribution in [1.29, 1.82) is 0 Å². The van der Waals surface area contributed by atoms with Crippen LogP contribution in [-0.4, -0.2) is 17.8 Å². The third-order valence-electron chi connectivity index (χ3n) is 2.86. The highest BCUT2D eigenvalue weighted by atomic mass is 16.6. The van der Waals surface area contributed by atoms with Crippen LogP contribution in [0.25, 0.3) is 0 Å². The van der Waals surface area contributed by atoms with Crippen LogP contribution >= 0.6 is 0 Å². The minimum Gasteiger partial charge on any atom is -0.393 e. The number of ether oxygens (including phenoxy) is 1. The van der Waals surface area contributed by atoms with Gasteiger partial charge in [0.2, 0.25) is 0 Å². The molecule has 0 amide bonds. The Morgan fingerprint density at radius 1 is 1.36 bits per heavy atom. The first kappa shape index (κ1) is 9.69. The van der Waals surface area contributed by atoms with Crippen LogP contribution in [0.5, 0.6) is 0 Å². The molecular formula is C12H16O2. The molecule has 1 aromatic rings. The van der Waals surface area contributed by atoms with E-state index in [1.54, 1.807) is 0 Å². The summed E-state index contributed by atoms with van der Waals surface area (Å²) in [6.45, 7) is 2.22. The maximum atomic E-state index is 9.38. The second-order valence-corrected chi connectivity index (χ2v) is 3.81. The van der Waals surface area contributed by atoms with Gasteiger partial charge >= 0.3 is 0 Å². The first-order chi connectivity index (χ1) is 6.83. The van der Waals surface area contributed by atoms with Gasteiger partial charge in [-0.15, -0.1) is 0 Å². The number of hydrogen-bond acceptors (Lipinski definition) is 2. The molecule has 1 aromatic carbocycles. The molecule has 0 spiro atoms. The number of benzene rings is 1. The molecule has 76 valence electrons. The molecule has 1 N–H and O–H groups in total. The standard InChI is InChI=1S/C12H16O2/c1-2-6-11-12(9-13,14-11)10-7-4-3-5-8-10/h3-5,7-8,11,13H,2,6,9H2,1H3. The van der Waals surface area contributed by atoms with E-state index in [9.17, 15) is 5.11 Å². The van der Waals surface area contributed by atoms with Crippen LogP contribution in [0.1, 0.15) is 25.3 Å². The minimum absolute atomic E-state index is 0.0850. The van der Waals surface area contributed by atoms with Gasteiger partial charge in [0.1, 0.15) is 5.60 Å². The average Bonchev–Trinajstić information content (AvgIpc) is 2.95. The molecule has 14 heavy (non-hydrogen) atoms. The van der Waals surface area contributed by atoms with Crippen molar-refractivity contribution in [2.75, 3.05) is 6.61 Å². The van der Waals surface area contributed by atoms with Gasteiger partial charge in [0.05, 0.1) is 12.7 Å². The molecule has 2 nitrogen and oxygen atoms in total. The Bertz CT molecular complexity index is 296. The van der Waals surface area contributed by atoms with Crippen molar-refractivity contribution < 1.29 is 9.84 Å². The van der Waals surface area contributed by atoms with E-state index in [0.29, 0.717) is 0 Å². The fraction of sp³-hybridized carbons (Fsp3) is 0.500. The van der Waals surface area contributed by atoms with E-state index in [1.165, 1.54) is 0 Å². The summed E-state index contributed by atoms with van der Waals surface area (Å²) >= 11 is 0. The molecule has 1 aliphatic rings. The predicted octanol–water partition coefficient (Wildman–Crippen LogP) is 2.07. The van der Waals surface area contributed by atoms with Crippen molar-refractivity contribution >= 4 is 0 Å². The summed E-state index contributed by atoms with van der Waals surface area (Å²) in [7, 11) is 0. The summed E-state index contributed by atoms with van der Waals surface area (Å²) < 4.78 is 5.63. The number of aliphatic hydroxyl groups is 1. The second kappa shape index (κ2) is 3.71. The maximum Gasteiger partial charge on any atom is 0.143 e. The molecule has 2 heteroatoms. The van der Waals surface area contributed by atoms with Gasteiger partial charge in [-0.1, -0.05) is 43.7 Å². The molecular weight excluding hydrogens is 176 g/mol. The number of epoxide rings is 1. The molecule has 0 radical (unpaired) electrons. The fourth-order valence-electron chi connectivity index (χ4n) is 1.98. The Morgan fingerprint density at radius 2 is 2.07 bits per heavy atom. The molecule has 1 heterocycles. The predicted molar refractivity (Wildman–Crippen MR) is 55.0 cm³/mol. The Morgan fingerprint density at radius 3 is 2.64 bits per heavy atom. The molecule has 0 saturated carbocycles. The monoisotopic (exact) mass is 192 g/mol. The zero-order valence-corrected chi connectivity index (χ0v) is 8.44. The van der Waals surface area contributed by atoms with Crippen molar-refractivity contribution in [3.05, 3.63) is 35.9 Å². The highest BCUT2D eigenvalue weighted by molar-refractivity contribution is 5.29. The zero-order chi connectivity index (χ0) is 10.0. The summed E-state index contributed by atoms with van der Waals surface area (Å²) in [6, 6.07) is 9.98. The van der Waals surface area contributed by atoms with Crippen LogP contribution < -0.4 is 0 Å². The molecule has 2 unspecified atom stereocenters. The summed E-state index contributed by atoms with van der Waals surface area (Å²) in [5.41, 5.74) is 0.707. The normalized spacial score (nSPS) is 30.3. The van der Waals surface area contributed by atoms with Crippen LogP contribution in [0.2, 0.25) is 0 Å². The van der Waals surface area contributed by atoms with Gasteiger partial charge in [-0.3, -0.25) is 0 Å². The van der Waals surface area contributed by atoms with Crippen molar-refractivity contribution in [1.82, 2.24) is 0 Å². The third-order valence-corrected chi connectivity index (χ3v) is 2.86. The third kappa shape index (κ3) is 1.45. The van der Waals surface area contributed by atoms with E-state index >= 15 is 0 Å². The number of rotatable bonds is 4. The highest BCUT2D eigenvalue weighted by Gasteiger charge is 2.56. The van der Waals surface area contributed by atoms with Crippen LogP contribution in [0.4, 0.5) is 0 Å². The Hall–Kier alpha value is -0.860. The van der Waals surface area contributed by atoms with E-state index < -0.39 is 5.60 Å². The largest absolute Gasteiger partial charge is 0.393 e. The van der Waals surface area contributed by atoms with Gasteiger partial charge in [-0.2, -0.15) is 0 Å². The molecule has 0 aromatic heterocycles. The zero-order valence-electron chi connectivity index (χ0n) is 8.44. The van der Waals surface area contributed by atoms with E-state index in [2.05, 4.69) is 6.92 Å². The maximum absolute atomic E-state index is 9.38. The molecule has 2 rings (SSSR count). The molecule has 0 aliphatic carbocycles. The quantitative estimate of drug-likeness (QED) is 0.741. The Kier molecular flexibility index (Phi) is 2.57. The van der Waals surface area contributed by atoms with Gasteiger partial charge in [-0.25, -0.2) is 0 Å². The molecule has 0 bridgehead atoms. The lowest BCUT2D eigenvalue weighted by molar-refractivity contribution is 0.172. The smallest absolute Gasteiger partial charge is 0.143 e.